The number of carbonyl (C=O) groups is 1. The molecule has 1 N–H and O–H groups in total. The van der Waals surface area contributed by atoms with Gasteiger partial charge in [0.2, 0.25) is 0 Å². The minimum atomic E-state index is -1.05. The van der Waals surface area contributed by atoms with Crippen LogP contribution in [0.2, 0.25) is 0 Å². The molecule has 1 rings (SSSR count). The zero-order valence-electron chi connectivity index (χ0n) is 7.24. The van der Waals surface area contributed by atoms with Crippen molar-refractivity contribution in [2.24, 2.45) is 0 Å². The average Bonchev–Trinajstić information content (AvgIpc) is 2.16. The number of carboxylic acid groups (broad SMARTS) is 1. The molecular formula is C10H9NO2. The molecule has 1 aromatic carbocycles. The Labute approximate surface area is 76.2 Å². The van der Waals surface area contributed by atoms with Gasteiger partial charge in [0.15, 0.2) is 0 Å². The first-order valence-electron chi connectivity index (χ1n) is 3.95. The van der Waals surface area contributed by atoms with E-state index in [1.165, 1.54) is 0 Å². The molecule has 0 saturated carbocycles. The molecule has 0 fully saturated rings. The van der Waals surface area contributed by atoms with Crippen molar-refractivity contribution in [1.82, 2.24) is 0 Å². The Morgan fingerprint density at radius 3 is 2.77 bits per heavy atom. The number of nitriles is 1. The van der Waals surface area contributed by atoms with Crippen LogP contribution in [0.3, 0.4) is 0 Å². The van der Waals surface area contributed by atoms with E-state index in [1.807, 2.05) is 13.0 Å². The second-order valence-electron chi connectivity index (χ2n) is 2.65. The van der Waals surface area contributed by atoms with Crippen molar-refractivity contribution in [2.45, 2.75) is 13.3 Å². The van der Waals surface area contributed by atoms with E-state index < -0.39 is 5.97 Å². The lowest BCUT2D eigenvalue weighted by atomic mass is 10.0. The van der Waals surface area contributed by atoms with E-state index >= 15 is 0 Å². The topological polar surface area (TPSA) is 61.1 Å². The van der Waals surface area contributed by atoms with Gasteiger partial charge in [-0.15, -0.1) is 0 Å². The lowest BCUT2D eigenvalue weighted by molar-refractivity contribution is 0.0696. The molecule has 0 spiro atoms. The summed E-state index contributed by atoms with van der Waals surface area (Å²) in [6, 6.07) is 6.70. The van der Waals surface area contributed by atoms with Crippen molar-refractivity contribution in [1.29, 1.82) is 5.26 Å². The SMILES string of the molecule is CCc1ccc(C#N)c(C(=O)O)c1. The van der Waals surface area contributed by atoms with Crippen LogP contribution in [0.5, 0.6) is 0 Å². The highest BCUT2D eigenvalue weighted by atomic mass is 16.4. The zero-order valence-corrected chi connectivity index (χ0v) is 7.24. The fourth-order valence-electron chi connectivity index (χ4n) is 1.09. The molecule has 3 heteroatoms. The number of aromatic carboxylic acids is 1. The van der Waals surface area contributed by atoms with E-state index in [0.29, 0.717) is 0 Å². The maximum absolute atomic E-state index is 10.7. The van der Waals surface area contributed by atoms with E-state index in [1.54, 1.807) is 18.2 Å². The number of carboxylic acids is 1. The number of hydrogen-bond donors (Lipinski definition) is 1. The third-order valence-electron chi connectivity index (χ3n) is 1.84. The van der Waals surface area contributed by atoms with E-state index in [0.717, 1.165) is 12.0 Å². The van der Waals surface area contributed by atoms with Gasteiger partial charge >= 0.3 is 5.97 Å². The van der Waals surface area contributed by atoms with Crippen LogP contribution in [0.4, 0.5) is 0 Å². The summed E-state index contributed by atoms with van der Waals surface area (Å²) in [4.78, 5) is 10.7. The van der Waals surface area contributed by atoms with Gasteiger partial charge in [0.05, 0.1) is 11.1 Å². The minimum Gasteiger partial charge on any atom is -0.478 e. The highest BCUT2D eigenvalue weighted by Gasteiger charge is 2.09. The van der Waals surface area contributed by atoms with E-state index in [9.17, 15) is 4.79 Å². The van der Waals surface area contributed by atoms with Crippen molar-refractivity contribution < 1.29 is 9.90 Å². The summed E-state index contributed by atoms with van der Waals surface area (Å²) < 4.78 is 0. The summed E-state index contributed by atoms with van der Waals surface area (Å²) in [6.45, 7) is 1.94. The lowest BCUT2D eigenvalue weighted by Gasteiger charge is -2.00. The van der Waals surface area contributed by atoms with Crippen molar-refractivity contribution in [3.63, 3.8) is 0 Å². The molecule has 0 aliphatic rings. The maximum Gasteiger partial charge on any atom is 0.337 e. The lowest BCUT2D eigenvalue weighted by Crippen LogP contribution is -2.01. The van der Waals surface area contributed by atoms with E-state index in [4.69, 9.17) is 10.4 Å². The van der Waals surface area contributed by atoms with Crippen LogP contribution in [-0.2, 0) is 6.42 Å². The number of benzene rings is 1. The quantitative estimate of drug-likeness (QED) is 0.745. The molecule has 0 amide bonds. The molecule has 0 heterocycles. The second kappa shape index (κ2) is 3.72. The number of aryl methyl sites for hydroxylation is 1. The van der Waals surface area contributed by atoms with Crippen LogP contribution in [0.1, 0.15) is 28.4 Å². The predicted molar refractivity (Wildman–Crippen MR) is 47.5 cm³/mol. The first kappa shape index (κ1) is 9.27. The van der Waals surface area contributed by atoms with Gasteiger partial charge in [0.1, 0.15) is 6.07 Å². The van der Waals surface area contributed by atoms with Crippen molar-refractivity contribution in [2.75, 3.05) is 0 Å². The van der Waals surface area contributed by atoms with Crippen molar-refractivity contribution in [3.05, 3.63) is 34.9 Å². The molecule has 1 aromatic rings. The van der Waals surface area contributed by atoms with Crippen LogP contribution in [0.25, 0.3) is 0 Å². The summed E-state index contributed by atoms with van der Waals surface area (Å²) in [5, 5.41) is 17.4. The monoisotopic (exact) mass is 175 g/mol. The highest BCUT2D eigenvalue weighted by Crippen LogP contribution is 2.11. The van der Waals surface area contributed by atoms with Crippen LogP contribution in [-0.4, -0.2) is 11.1 Å². The highest BCUT2D eigenvalue weighted by molar-refractivity contribution is 5.90. The molecule has 3 nitrogen and oxygen atoms in total. The Morgan fingerprint density at radius 2 is 2.31 bits per heavy atom. The van der Waals surface area contributed by atoms with Gasteiger partial charge in [0, 0.05) is 0 Å². The number of rotatable bonds is 2. The summed E-state index contributed by atoms with van der Waals surface area (Å²) in [5.74, 6) is -1.05. The van der Waals surface area contributed by atoms with Crippen LogP contribution in [0, 0.1) is 11.3 Å². The van der Waals surface area contributed by atoms with Gasteiger partial charge in [-0.3, -0.25) is 0 Å². The normalized spacial score (nSPS) is 9.23. The van der Waals surface area contributed by atoms with Crippen molar-refractivity contribution >= 4 is 5.97 Å². The number of nitrogens with zero attached hydrogens (tertiary/aromatic N) is 1. The summed E-state index contributed by atoms with van der Waals surface area (Å²) in [5.41, 5.74) is 1.22. The summed E-state index contributed by atoms with van der Waals surface area (Å²) in [6.07, 6.45) is 0.770. The first-order valence-corrected chi connectivity index (χ1v) is 3.95. The fourth-order valence-corrected chi connectivity index (χ4v) is 1.09. The molecule has 0 aromatic heterocycles. The molecule has 0 aliphatic carbocycles. The van der Waals surface area contributed by atoms with Gasteiger partial charge in [-0.05, 0) is 24.1 Å². The van der Waals surface area contributed by atoms with Gasteiger partial charge in [-0.25, -0.2) is 4.79 Å². The Bertz CT molecular complexity index is 377. The van der Waals surface area contributed by atoms with Gasteiger partial charge < -0.3 is 5.11 Å². The summed E-state index contributed by atoms with van der Waals surface area (Å²) in [7, 11) is 0. The predicted octanol–water partition coefficient (Wildman–Crippen LogP) is 1.82. The summed E-state index contributed by atoms with van der Waals surface area (Å²) >= 11 is 0. The van der Waals surface area contributed by atoms with Crippen molar-refractivity contribution in [3.8, 4) is 6.07 Å². The largest absolute Gasteiger partial charge is 0.478 e. The Kier molecular flexibility index (Phi) is 2.65. The molecule has 0 unspecified atom stereocenters. The van der Waals surface area contributed by atoms with Crippen LogP contribution in [0.15, 0.2) is 18.2 Å². The van der Waals surface area contributed by atoms with Gasteiger partial charge in [-0.1, -0.05) is 13.0 Å². The van der Waals surface area contributed by atoms with Crippen LogP contribution >= 0.6 is 0 Å². The van der Waals surface area contributed by atoms with E-state index in [-0.39, 0.29) is 11.1 Å². The molecule has 66 valence electrons. The molecule has 0 saturated heterocycles. The maximum atomic E-state index is 10.7. The van der Waals surface area contributed by atoms with Gasteiger partial charge in [0.25, 0.3) is 0 Å². The Morgan fingerprint density at radius 1 is 1.62 bits per heavy atom. The third kappa shape index (κ3) is 1.85. The van der Waals surface area contributed by atoms with Gasteiger partial charge in [-0.2, -0.15) is 5.26 Å². The van der Waals surface area contributed by atoms with Crippen LogP contribution < -0.4 is 0 Å². The fraction of sp³-hybridized carbons (Fsp3) is 0.200. The molecule has 13 heavy (non-hydrogen) atoms. The second-order valence-corrected chi connectivity index (χ2v) is 2.65. The Balaban J connectivity index is 3.28. The molecule has 0 atom stereocenters. The molecular weight excluding hydrogens is 166 g/mol. The molecule has 0 bridgehead atoms. The zero-order chi connectivity index (χ0) is 9.84. The smallest absolute Gasteiger partial charge is 0.337 e. The minimum absolute atomic E-state index is 0.0850. The first-order chi connectivity index (χ1) is 6.19. The standard InChI is InChI=1S/C10H9NO2/c1-2-7-3-4-8(6-11)9(5-7)10(12)13/h3-5H,2H2,1H3,(H,12,13). The number of hydrogen-bond acceptors (Lipinski definition) is 2. The Hall–Kier alpha value is -1.82. The average molecular weight is 175 g/mol. The van der Waals surface area contributed by atoms with E-state index in [2.05, 4.69) is 0 Å². The molecule has 0 aliphatic heterocycles. The molecule has 0 radical (unpaired) electrons. The third-order valence-corrected chi connectivity index (χ3v) is 1.84.